The van der Waals surface area contributed by atoms with Crippen molar-refractivity contribution < 1.29 is 19.4 Å². The van der Waals surface area contributed by atoms with Crippen LogP contribution in [0.2, 0.25) is 5.02 Å². The van der Waals surface area contributed by atoms with Gasteiger partial charge in [-0.05, 0) is 30.3 Å². The number of nitriles is 1. The third-order valence-corrected chi connectivity index (χ3v) is 3.01. The first kappa shape index (κ1) is 14.7. The van der Waals surface area contributed by atoms with Gasteiger partial charge in [-0.2, -0.15) is 5.26 Å². The van der Waals surface area contributed by atoms with Crippen molar-refractivity contribution in [2.45, 2.75) is 0 Å². The van der Waals surface area contributed by atoms with Crippen LogP contribution in [0.4, 0.5) is 0 Å². The van der Waals surface area contributed by atoms with E-state index in [9.17, 15) is 4.79 Å². The van der Waals surface area contributed by atoms with Crippen LogP contribution in [0.1, 0.15) is 15.9 Å². The third-order valence-electron chi connectivity index (χ3n) is 2.70. The van der Waals surface area contributed by atoms with Gasteiger partial charge < -0.3 is 14.6 Å². The lowest BCUT2D eigenvalue weighted by Crippen LogP contribution is -1.98. The number of ether oxygens (including phenoxy) is 2. The van der Waals surface area contributed by atoms with Crippen LogP contribution in [0, 0.1) is 11.3 Å². The summed E-state index contributed by atoms with van der Waals surface area (Å²) in [6.07, 6.45) is 0. The van der Waals surface area contributed by atoms with Gasteiger partial charge in [0.15, 0.2) is 11.5 Å². The van der Waals surface area contributed by atoms with Crippen LogP contribution in [0.25, 0.3) is 0 Å². The predicted molar refractivity (Wildman–Crippen MR) is 76.2 cm³/mol. The first-order chi connectivity index (χ1) is 10.0. The Morgan fingerprint density at radius 3 is 2.57 bits per heavy atom. The van der Waals surface area contributed by atoms with Crippen LogP contribution in [0.15, 0.2) is 36.4 Å². The van der Waals surface area contributed by atoms with Crippen LogP contribution in [-0.2, 0) is 0 Å². The van der Waals surface area contributed by atoms with E-state index in [1.54, 1.807) is 6.07 Å². The number of benzene rings is 2. The summed E-state index contributed by atoms with van der Waals surface area (Å²) in [5.41, 5.74) is 0.404. The number of carbonyl (C=O) groups is 1. The molecule has 0 spiro atoms. The topological polar surface area (TPSA) is 79.6 Å². The molecule has 0 radical (unpaired) electrons. The summed E-state index contributed by atoms with van der Waals surface area (Å²) in [6, 6.07) is 10.8. The summed E-state index contributed by atoms with van der Waals surface area (Å²) >= 11 is 5.92. The second-order valence-corrected chi connectivity index (χ2v) is 4.43. The summed E-state index contributed by atoms with van der Waals surface area (Å²) in [4.78, 5) is 11.0. The molecule has 5 nitrogen and oxygen atoms in total. The number of hydrogen-bond acceptors (Lipinski definition) is 4. The van der Waals surface area contributed by atoms with Gasteiger partial charge in [0.25, 0.3) is 0 Å². The van der Waals surface area contributed by atoms with E-state index in [0.717, 1.165) is 0 Å². The van der Waals surface area contributed by atoms with E-state index in [2.05, 4.69) is 0 Å². The van der Waals surface area contributed by atoms with Gasteiger partial charge in [0, 0.05) is 6.07 Å². The van der Waals surface area contributed by atoms with Crippen molar-refractivity contribution in [2.24, 2.45) is 0 Å². The molecule has 0 heterocycles. The molecule has 0 aliphatic rings. The largest absolute Gasteiger partial charge is 0.493 e. The minimum atomic E-state index is -1.07. The minimum absolute atomic E-state index is 0.0746. The molecule has 0 amide bonds. The van der Waals surface area contributed by atoms with E-state index in [0.29, 0.717) is 17.1 Å². The van der Waals surface area contributed by atoms with Gasteiger partial charge in [-0.25, -0.2) is 4.79 Å². The average Bonchev–Trinajstić information content (AvgIpc) is 2.47. The fraction of sp³-hybridized carbons (Fsp3) is 0.0667. The van der Waals surface area contributed by atoms with E-state index in [4.69, 9.17) is 31.4 Å². The number of hydrogen-bond donors (Lipinski definition) is 1. The maximum atomic E-state index is 11.0. The molecule has 2 aromatic rings. The highest BCUT2D eigenvalue weighted by molar-refractivity contribution is 6.31. The zero-order valence-corrected chi connectivity index (χ0v) is 11.7. The lowest BCUT2D eigenvalue weighted by Gasteiger charge is -2.11. The Morgan fingerprint density at radius 2 is 2.00 bits per heavy atom. The molecule has 0 bridgehead atoms. The molecule has 0 fully saturated rings. The summed E-state index contributed by atoms with van der Waals surface area (Å²) < 4.78 is 10.7. The maximum Gasteiger partial charge on any atom is 0.335 e. The molecule has 0 unspecified atom stereocenters. The summed E-state index contributed by atoms with van der Waals surface area (Å²) in [5.74, 6) is -0.0566. The molecular formula is C15H10ClNO4. The van der Waals surface area contributed by atoms with Crippen molar-refractivity contribution in [1.29, 1.82) is 5.26 Å². The molecule has 2 aromatic carbocycles. The summed E-state index contributed by atoms with van der Waals surface area (Å²) in [6.45, 7) is 0. The molecule has 0 aliphatic carbocycles. The lowest BCUT2D eigenvalue weighted by atomic mass is 10.2. The highest BCUT2D eigenvalue weighted by atomic mass is 35.5. The fourth-order valence-electron chi connectivity index (χ4n) is 1.67. The first-order valence-corrected chi connectivity index (χ1v) is 6.21. The van der Waals surface area contributed by atoms with E-state index >= 15 is 0 Å². The molecule has 0 aliphatic heterocycles. The van der Waals surface area contributed by atoms with Crippen molar-refractivity contribution in [3.63, 3.8) is 0 Å². The van der Waals surface area contributed by atoms with Crippen molar-refractivity contribution in [3.8, 4) is 23.3 Å². The SMILES string of the molecule is COc1ccc(C(=O)O)cc1Oc1ccc(C#N)c(Cl)c1. The fourth-order valence-corrected chi connectivity index (χ4v) is 1.88. The second kappa shape index (κ2) is 6.16. The molecule has 21 heavy (non-hydrogen) atoms. The van der Waals surface area contributed by atoms with Crippen LogP contribution in [-0.4, -0.2) is 18.2 Å². The maximum absolute atomic E-state index is 11.0. The van der Waals surface area contributed by atoms with Gasteiger partial charge in [0.2, 0.25) is 0 Å². The average molecular weight is 304 g/mol. The van der Waals surface area contributed by atoms with Crippen LogP contribution in [0.3, 0.4) is 0 Å². The van der Waals surface area contributed by atoms with Crippen molar-refractivity contribution in [2.75, 3.05) is 7.11 Å². The molecule has 0 atom stereocenters. The van der Waals surface area contributed by atoms with E-state index in [1.165, 1.54) is 37.4 Å². The van der Waals surface area contributed by atoms with Crippen LogP contribution >= 0.6 is 11.6 Å². The van der Waals surface area contributed by atoms with Gasteiger partial charge in [0.1, 0.15) is 11.8 Å². The van der Waals surface area contributed by atoms with Crippen molar-refractivity contribution in [3.05, 3.63) is 52.5 Å². The number of carboxylic acid groups (broad SMARTS) is 1. The number of halogens is 1. The molecule has 2 rings (SSSR count). The Morgan fingerprint density at radius 1 is 1.24 bits per heavy atom. The molecule has 0 aromatic heterocycles. The van der Waals surface area contributed by atoms with Gasteiger partial charge >= 0.3 is 5.97 Å². The van der Waals surface area contributed by atoms with Gasteiger partial charge in [-0.3, -0.25) is 0 Å². The Balaban J connectivity index is 2.38. The predicted octanol–water partition coefficient (Wildman–Crippen LogP) is 3.71. The van der Waals surface area contributed by atoms with E-state index < -0.39 is 5.97 Å². The van der Waals surface area contributed by atoms with Gasteiger partial charge in [0.05, 0.1) is 23.3 Å². The van der Waals surface area contributed by atoms with Gasteiger partial charge in [-0.1, -0.05) is 11.6 Å². The quantitative estimate of drug-likeness (QED) is 0.931. The summed E-state index contributed by atoms with van der Waals surface area (Å²) in [7, 11) is 1.45. The molecule has 0 saturated carbocycles. The van der Waals surface area contributed by atoms with Crippen LogP contribution in [0.5, 0.6) is 17.2 Å². The second-order valence-electron chi connectivity index (χ2n) is 4.03. The normalized spacial score (nSPS) is 9.76. The zero-order chi connectivity index (χ0) is 15.4. The molecule has 6 heteroatoms. The number of nitrogens with zero attached hydrogens (tertiary/aromatic N) is 1. The molecule has 1 N–H and O–H groups in total. The summed E-state index contributed by atoms with van der Waals surface area (Å²) in [5, 5.41) is 18.1. The Hall–Kier alpha value is -2.71. The zero-order valence-electron chi connectivity index (χ0n) is 11.0. The Bertz CT molecular complexity index is 737. The highest BCUT2D eigenvalue weighted by Gasteiger charge is 2.12. The number of methoxy groups -OCH3 is 1. The Labute approximate surface area is 125 Å². The molecular weight excluding hydrogens is 294 g/mol. The monoisotopic (exact) mass is 303 g/mol. The number of aromatic carboxylic acids is 1. The highest BCUT2D eigenvalue weighted by Crippen LogP contribution is 2.33. The third kappa shape index (κ3) is 3.25. The standard InChI is InChI=1S/C15H10ClNO4/c1-20-13-5-3-9(15(18)19)6-14(13)21-11-4-2-10(8-17)12(16)7-11/h2-7H,1H3,(H,18,19). The van der Waals surface area contributed by atoms with E-state index in [-0.39, 0.29) is 16.3 Å². The first-order valence-electron chi connectivity index (χ1n) is 5.84. The smallest absolute Gasteiger partial charge is 0.335 e. The molecule has 106 valence electrons. The van der Waals surface area contributed by atoms with Gasteiger partial charge in [-0.15, -0.1) is 0 Å². The van der Waals surface area contributed by atoms with Crippen molar-refractivity contribution in [1.82, 2.24) is 0 Å². The van der Waals surface area contributed by atoms with E-state index in [1.807, 2.05) is 6.07 Å². The lowest BCUT2D eigenvalue weighted by molar-refractivity contribution is 0.0696. The Kier molecular flexibility index (Phi) is 4.31. The van der Waals surface area contributed by atoms with Crippen LogP contribution < -0.4 is 9.47 Å². The minimum Gasteiger partial charge on any atom is -0.493 e. The number of rotatable bonds is 4. The molecule has 0 saturated heterocycles. The van der Waals surface area contributed by atoms with Crippen molar-refractivity contribution >= 4 is 17.6 Å². The number of carboxylic acids is 1.